The molecule has 0 saturated carbocycles. The number of nitrogens with zero attached hydrogens (tertiary/aromatic N) is 5. The van der Waals surface area contributed by atoms with Gasteiger partial charge >= 0.3 is 0 Å². The molecular weight excluding hydrogens is 359 g/mol. The molecule has 5 rings (SSSR count). The summed E-state index contributed by atoms with van der Waals surface area (Å²) in [6, 6.07) is 9.69. The van der Waals surface area contributed by atoms with Crippen molar-refractivity contribution in [2.24, 2.45) is 0 Å². The van der Waals surface area contributed by atoms with Crippen molar-refractivity contribution in [1.29, 1.82) is 0 Å². The molecule has 0 saturated heterocycles. The van der Waals surface area contributed by atoms with E-state index in [0.717, 1.165) is 12.8 Å². The number of aryl methyl sites for hydroxylation is 1. The lowest BCUT2D eigenvalue weighted by Crippen LogP contribution is -2.10. The Hall–Kier alpha value is -3.55. The van der Waals surface area contributed by atoms with E-state index >= 15 is 0 Å². The van der Waals surface area contributed by atoms with Gasteiger partial charge in [0.15, 0.2) is 11.5 Å². The van der Waals surface area contributed by atoms with E-state index in [1.165, 1.54) is 36.8 Å². The van der Waals surface area contributed by atoms with Gasteiger partial charge in [-0.25, -0.2) is 24.0 Å². The molecule has 140 valence electrons. The molecule has 2 N–H and O–H groups in total. The molecule has 1 aromatic carbocycles. The zero-order chi connectivity index (χ0) is 19.3. The van der Waals surface area contributed by atoms with Crippen molar-refractivity contribution in [2.45, 2.75) is 18.9 Å². The van der Waals surface area contributed by atoms with Crippen LogP contribution in [0.15, 0.2) is 42.9 Å². The number of ether oxygens (including phenoxy) is 1. The molecule has 0 bridgehead atoms. The first-order chi connectivity index (χ1) is 13.7. The summed E-state index contributed by atoms with van der Waals surface area (Å²) >= 11 is 0. The first kappa shape index (κ1) is 16.6. The zero-order valence-corrected chi connectivity index (χ0v) is 15.1. The van der Waals surface area contributed by atoms with E-state index in [0.29, 0.717) is 28.1 Å². The topological polar surface area (TPSA) is 91.7 Å². The molecule has 28 heavy (non-hydrogen) atoms. The Kier molecular flexibility index (Phi) is 3.71. The fraction of sp³-hybridized carbons (Fsp3) is 0.200. The van der Waals surface area contributed by atoms with Gasteiger partial charge in [0.05, 0.1) is 18.5 Å². The van der Waals surface area contributed by atoms with E-state index < -0.39 is 5.82 Å². The van der Waals surface area contributed by atoms with Crippen LogP contribution >= 0.6 is 0 Å². The highest BCUT2D eigenvalue weighted by Crippen LogP contribution is 2.38. The second-order valence-corrected chi connectivity index (χ2v) is 6.72. The third kappa shape index (κ3) is 2.41. The molecule has 8 heteroatoms. The fourth-order valence-electron chi connectivity index (χ4n) is 3.91. The first-order valence-electron chi connectivity index (χ1n) is 8.93. The van der Waals surface area contributed by atoms with Gasteiger partial charge in [0.25, 0.3) is 0 Å². The number of anilines is 1. The normalized spacial score (nSPS) is 15.7. The highest BCUT2D eigenvalue weighted by Gasteiger charge is 2.28. The van der Waals surface area contributed by atoms with Crippen LogP contribution in [0.1, 0.15) is 23.6 Å². The molecule has 0 amide bonds. The summed E-state index contributed by atoms with van der Waals surface area (Å²) < 4.78 is 21.0. The van der Waals surface area contributed by atoms with Gasteiger partial charge in [-0.15, -0.1) is 0 Å². The third-order valence-electron chi connectivity index (χ3n) is 5.19. The standard InChI is InChI=1S/C20H17FN6O/c1-28-20-14(21)8-12(9-23-20)17-16-18(22)24-10-25-19(16)27(26-17)15-7-6-11-4-2-3-5-13(11)15/h2-5,8-10,15H,6-7H2,1H3,(H2,22,24,25). The molecular formula is C20H17FN6O. The number of pyridine rings is 1. The van der Waals surface area contributed by atoms with Crippen LogP contribution in [0.3, 0.4) is 0 Å². The summed E-state index contributed by atoms with van der Waals surface area (Å²) in [6.45, 7) is 0. The molecule has 3 aromatic heterocycles. The average molecular weight is 376 g/mol. The summed E-state index contributed by atoms with van der Waals surface area (Å²) in [5, 5.41) is 5.38. The fourth-order valence-corrected chi connectivity index (χ4v) is 3.91. The SMILES string of the molecule is COc1ncc(-c2nn(C3CCc4ccccc43)c3ncnc(N)c23)cc1F. The number of aromatic nitrogens is 5. The van der Waals surface area contributed by atoms with Gasteiger partial charge < -0.3 is 10.5 Å². The van der Waals surface area contributed by atoms with Gasteiger partial charge in [-0.3, -0.25) is 0 Å². The smallest absolute Gasteiger partial charge is 0.250 e. The maximum absolute atomic E-state index is 14.3. The van der Waals surface area contributed by atoms with E-state index in [1.807, 2.05) is 16.8 Å². The van der Waals surface area contributed by atoms with Crippen molar-refractivity contribution in [1.82, 2.24) is 24.7 Å². The molecule has 1 aliphatic rings. The third-order valence-corrected chi connectivity index (χ3v) is 5.19. The first-order valence-corrected chi connectivity index (χ1v) is 8.93. The Labute approximate surface area is 160 Å². The number of methoxy groups -OCH3 is 1. The maximum Gasteiger partial charge on any atom is 0.250 e. The van der Waals surface area contributed by atoms with Gasteiger partial charge in [0.2, 0.25) is 5.88 Å². The minimum absolute atomic E-state index is 0.0396. The van der Waals surface area contributed by atoms with Crippen molar-refractivity contribution in [3.05, 3.63) is 59.8 Å². The van der Waals surface area contributed by atoms with Crippen LogP contribution in [0.25, 0.3) is 22.3 Å². The largest absolute Gasteiger partial charge is 0.479 e. The number of nitrogen functional groups attached to an aromatic ring is 1. The Bertz CT molecular complexity index is 1200. The molecule has 7 nitrogen and oxygen atoms in total. The molecule has 4 aromatic rings. The maximum atomic E-state index is 14.3. The number of halogens is 1. The zero-order valence-electron chi connectivity index (χ0n) is 15.1. The van der Waals surface area contributed by atoms with Crippen molar-refractivity contribution in [3.63, 3.8) is 0 Å². The number of benzene rings is 1. The van der Waals surface area contributed by atoms with Gasteiger partial charge in [0, 0.05) is 11.8 Å². The minimum Gasteiger partial charge on any atom is -0.479 e. The summed E-state index contributed by atoms with van der Waals surface area (Å²) in [7, 11) is 1.37. The van der Waals surface area contributed by atoms with Crippen molar-refractivity contribution in [2.75, 3.05) is 12.8 Å². The Balaban J connectivity index is 1.73. The van der Waals surface area contributed by atoms with E-state index in [4.69, 9.17) is 15.6 Å². The lowest BCUT2D eigenvalue weighted by atomic mass is 10.1. The van der Waals surface area contributed by atoms with Crippen LogP contribution in [0.2, 0.25) is 0 Å². The van der Waals surface area contributed by atoms with Crippen LogP contribution < -0.4 is 10.5 Å². The number of hydrogen-bond acceptors (Lipinski definition) is 6. The molecule has 0 radical (unpaired) electrons. The van der Waals surface area contributed by atoms with Crippen LogP contribution in [0, 0.1) is 5.82 Å². The summed E-state index contributed by atoms with van der Waals surface area (Å²) in [5.41, 5.74) is 10.3. The van der Waals surface area contributed by atoms with Gasteiger partial charge in [-0.1, -0.05) is 24.3 Å². The predicted octanol–water partition coefficient (Wildman–Crippen LogP) is 3.15. The highest BCUT2D eigenvalue weighted by molar-refractivity contribution is 5.98. The predicted molar refractivity (Wildman–Crippen MR) is 102 cm³/mol. The summed E-state index contributed by atoms with van der Waals surface area (Å²) in [6.07, 6.45) is 4.82. The van der Waals surface area contributed by atoms with Gasteiger partial charge in [-0.05, 0) is 30.0 Å². The Morgan fingerprint density at radius 3 is 2.89 bits per heavy atom. The Morgan fingerprint density at radius 2 is 2.07 bits per heavy atom. The minimum atomic E-state index is -0.565. The molecule has 3 heterocycles. The second-order valence-electron chi connectivity index (χ2n) is 6.72. The molecule has 0 fully saturated rings. The highest BCUT2D eigenvalue weighted by atomic mass is 19.1. The molecule has 1 atom stereocenters. The van der Waals surface area contributed by atoms with Crippen LogP contribution in [0.5, 0.6) is 5.88 Å². The van der Waals surface area contributed by atoms with E-state index in [-0.39, 0.29) is 11.9 Å². The lowest BCUT2D eigenvalue weighted by molar-refractivity contribution is 0.369. The van der Waals surface area contributed by atoms with Gasteiger partial charge in [0.1, 0.15) is 17.8 Å². The van der Waals surface area contributed by atoms with Gasteiger partial charge in [-0.2, -0.15) is 5.10 Å². The summed E-state index contributed by atoms with van der Waals surface area (Å²) in [4.78, 5) is 12.6. The van der Waals surface area contributed by atoms with E-state index in [9.17, 15) is 4.39 Å². The molecule has 1 unspecified atom stereocenters. The molecule has 1 aliphatic carbocycles. The second kappa shape index (κ2) is 6.26. The number of nitrogens with two attached hydrogens (primary N) is 1. The van der Waals surface area contributed by atoms with Crippen molar-refractivity contribution in [3.8, 4) is 17.1 Å². The lowest BCUT2D eigenvalue weighted by Gasteiger charge is -2.13. The quantitative estimate of drug-likeness (QED) is 0.591. The van der Waals surface area contributed by atoms with E-state index in [2.05, 4.69) is 27.1 Å². The average Bonchev–Trinajstić information content (AvgIpc) is 3.30. The van der Waals surface area contributed by atoms with Crippen molar-refractivity contribution < 1.29 is 9.13 Å². The molecule has 0 spiro atoms. The van der Waals surface area contributed by atoms with Crippen molar-refractivity contribution >= 4 is 16.9 Å². The number of hydrogen-bond donors (Lipinski definition) is 1. The monoisotopic (exact) mass is 376 g/mol. The number of rotatable bonds is 3. The van der Waals surface area contributed by atoms with Crippen LogP contribution in [-0.2, 0) is 6.42 Å². The van der Waals surface area contributed by atoms with Crippen LogP contribution in [0.4, 0.5) is 10.2 Å². The summed E-state index contributed by atoms with van der Waals surface area (Å²) in [5.74, 6) is -0.334. The number of fused-ring (bicyclic) bond motifs is 2. The Morgan fingerprint density at radius 1 is 1.21 bits per heavy atom. The molecule has 0 aliphatic heterocycles. The van der Waals surface area contributed by atoms with Crippen LogP contribution in [-0.4, -0.2) is 31.8 Å². The van der Waals surface area contributed by atoms with E-state index in [1.54, 1.807) is 0 Å².